The molecular formula is C16H15Br2Cl. The van der Waals surface area contributed by atoms with Crippen molar-refractivity contribution >= 4 is 43.5 Å². The van der Waals surface area contributed by atoms with Crippen molar-refractivity contribution in [2.24, 2.45) is 0 Å². The lowest BCUT2D eigenvalue weighted by Gasteiger charge is -2.17. The summed E-state index contributed by atoms with van der Waals surface area (Å²) in [6.45, 7) is 6.26. The van der Waals surface area contributed by atoms with Gasteiger partial charge in [0.1, 0.15) is 0 Å². The fraction of sp³-hybridized carbons (Fsp3) is 0.250. The third kappa shape index (κ3) is 3.24. The highest BCUT2D eigenvalue weighted by molar-refractivity contribution is 9.10. The van der Waals surface area contributed by atoms with E-state index in [1.54, 1.807) is 0 Å². The molecule has 1 unspecified atom stereocenters. The van der Waals surface area contributed by atoms with Crippen LogP contribution in [0.3, 0.4) is 0 Å². The molecule has 0 aliphatic carbocycles. The zero-order valence-electron chi connectivity index (χ0n) is 11.1. The van der Waals surface area contributed by atoms with E-state index < -0.39 is 0 Å². The van der Waals surface area contributed by atoms with E-state index in [1.165, 1.54) is 16.7 Å². The maximum Gasteiger partial charge on any atom is 0.0849 e. The van der Waals surface area contributed by atoms with E-state index in [0.29, 0.717) is 0 Å². The van der Waals surface area contributed by atoms with Crippen molar-refractivity contribution < 1.29 is 0 Å². The minimum Gasteiger partial charge on any atom is -0.113 e. The molecule has 0 aliphatic heterocycles. The Balaban J connectivity index is 2.52. The van der Waals surface area contributed by atoms with Crippen molar-refractivity contribution in [3.63, 3.8) is 0 Å². The fourth-order valence-corrected chi connectivity index (χ4v) is 3.58. The van der Waals surface area contributed by atoms with Crippen LogP contribution in [0.4, 0.5) is 0 Å². The molecule has 0 aliphatic rings. The van der Waals surface area contributed by atoms with E-state index in [-0.39, 0.29) is 5.38 Å². The predicted molar refractivity (Wildman–Crippen MR) is 90.2 cm³/mol. The van der Waals surface area contributed by atoms with Gasteiger partial charge in [-0.05, 0) is 55.2 Å². The second-order valence-corrected chi connectivity index (χ2v) is 6.99. The molecule has 0 N–H and O–H groups in total. The quantitative estimate of drug-likeness (QED) is 0.505. The maximum absolute atomic E-state index is 6.69. The molecule has 0 saturated carbocycles. The van der Waals surface area contributed by atoms with Crippen LogP contribution in [-0.2, 0) is 0 Å². The van der Waals surface area contributed by atoms with Crippen LogP contribution >= 0.6 is 43.5 Å². The minimum atomic E-state index is -0.138. The number of hydrogen-bond acceptors (Lipinski definition) is 0. The topological polar surface area (TPSA) is 0 Å². The van der Waals surface area contributed by atoms with Gasteiger partial charge in [-0.1, -0.05) is 55.6 Å². The number of aryl methyl sites for hydroxylation is 3. The first-order chi connectivity index (χ1) is 8.90. The first kappa shape index (κ1) is 15.1. The molecule has 2 aromatic rings. The van der Waals surface area contributed by atoms with Crippen LogP contribution < -0.4 is 0 Å². The first-order valence-electron chi connectivity index (χ1n) is 6.07. The Bertz CT molecular complexity index is 620. The van der Waals surface area contributed by atoms with Crippen molar-refractivity contribution in [3.05, 3.63) is 67.1 Å². The molecule has 0 saturated heterocycles. The molecule has 2 rings (SSSR count). The summed E-state index contributed by atoms with van der Waals surface area (Å²) in [5.41, 5.74) is 5.90. The van der Waals surface area contributed by atoms with Gasteiger partial charge in [0.2, 0.25) is 0 Å². The lowest BCUT2D eigenvalue weighted by molar-refractivity contribution is 1.08. The number of alkyl halides is 1. The van der Waals surface area contributed by atoms with Gasteiger partial charge in [-0.3, -0.25) is 0 Å². The maximum atomic E-state index is 6.69. The normalized spacial score (nSPS) is 12.5. The Morgan fingerprint density at radius 3 is 2.21 bits per heavy atom. The average Bonchev–Trinajstić information content (AvgIpc) is 2.36. The standard InChI is InChI=1S/C16H15Br2Cl/c1-9-4-5-14(17)13(6-9)16(19)12-7-11(3)15(18)8-10(12)2/h4-8,16H,1-3H3. The molecule has 0 aromatic heterocycles. The third-order valence-electron chi connectivity index (χ3n) is 3.24. The number of halogens is 3. The van der Waals surface area contributed by atoms with Gasteiger partial charge in [0.25, 0.3) is 0 Å². The molecule has 3 heteroatoms. The van der Waals surface area contributed by atoms with Crippen LogP contribution in [0.1, 0.15) is 33.2 Å². The number of hydrogen-bond donors (Lipinski definition) is 0. The summed E-state index contributed by atoms with van der Waals surface area (Å²) in [6.07, 6.45) is 0. The SMILES string of the molecule is Cc1ccc(Br)c(C(Cl)c2cc(C)c(Br)cc2C)c1. The van der Waals surface area contributed by atoms with Gasteiger partial charge < -0.3 is 0 Å². The first-order valence-corrected chi connectivity index (χ1v) is 8.09. The van der Waals surface area contributed by atoms with Gasteiger partial charge in [-0.2, -0.15) is 0 Å². The summed E-state index contributed by atoms with van der Waals surface area (Å²) in [7, 11) is 0. The number of rotatable bonds is 2. The minimum absolute atomic E-state index is 0.138. The summed E-state index contributed by atoms with van der Waals surface area (Å²) < 4.78 is 2.18. The molecule has 0 heterocycles. The van der Waals surface area contributed by atoms with E-state index in [2.05, 4.69) is 83.0 Å². The smallest absolute Gasteiger partial charge is 0.0849 e. The van der Waals surface area contributed by atoms with Crippen molar-refractivity contribution in [1.29, 1.82) is 0 Å². The lowest BCUT2D eigenvalue weighted by atomic mass is 9.97. The van der Waals surface area contributed by atoms with E-state index in [4.69, 9.17) is 11.6 Å². The monoisotopic (exact) mass is 400 g/mol. The largest absolute Gasteiger partial charge is 0.113 e. The van der Waals surface area contributed by atoms with Crippen LogP contribution in [0.25, 0.3) is 0 Å². The van der Waals surface area contributed by atoms with Crippen molar-refractivity contribution in [2.45, 2.75) is 26.1 Å². The van der Waals surface area contributed by atoms with Crippen molar-refractivity contribution in [2.75, 3.05) is 0 Å². The van der Waals surface area contributed by atoms with Gasteiger partial charge in [0, 0.05) is 8.95 Å². The molecule has 100 valence electrons. The van der Waals surface area contributed by atoms with Crippen LogP contribution in [0.2, 0.25) is 0 Å². The Morgan fingerprint density at radius 2 is 1.53 bits per heavy atom. The molecule has 19 heavy (non-hydrogen) atoms. The van der Waals surface area contributed by atoms with E-state index in [1.807, 2.05) is 0 Å². The molecule has 0 bridgehead atoms. The molecular weight excluding hydrogens is 387 g/mol. The van der Waals surface area contributed by atoms with E-state index in [0.717, 1.165) is 20.1 Å². The molecule has 0 radical (unpaired) electrons. The van der Waals surface area contributed by atoms with Gasteiger partial charge >= 0.3 is 0 Å². The highest BCUT2D eigenvalue weighted by atomic mass is 79.9. The molecule has 1 atom stereocenters. The van der Waals surface area contributed by atoms with Gasteiger partial charge in [0.05, 0.1) is 5.38 Å². The molecule has 0 spiro atoms. The molecule has 0 nitrogen and oxygen atoms in total. The molecule has 2 aromatic carbocycles. The van der Waals surface area contributed by atoms with E-state index >= 15 is 0 Å². The second-order valence-electron chi connectivity index (χ2n) is 4.85. The predicted octanol–water partition coefficient (Wildman–Crippen LogP) is 6.47. The molecule has 0 amide bonds. The van der Waals surface area contributed by atoms with Crippen LogP contribution in [0.15, 0.2) is 39.3 Å². The van der Waals surface area contributed by atoms with Crippen LogP contribution in [0.5, 0.6) is 0 Å². The lowest BCUT2D eigenvalue weighted by Crippen LogP contribution is -1.99. The molecule has 0 fully saturated rings. The van der Waals surface area contributed by atoms with Crippen molar-refractivity contribution in [3.8, 4) is 0 Å². The summed E-state index contributed by atoms with van der Waals surface area (Å²) >= 11 is 13.8. The third-order valence-corrected chi connectivity index (χ3v) is 5.29. The fourth-order valence-electron chi connectivity index (χ4n) is 2.10. The second kappa shape index (κ2) is 5.99. The summed E-state index contributed by atoms with van der Waals surface area (Å²) in [5, 5.41) is -0.138. The van der Waals surface area contributed by atoms with Crippen LogP contribution in [0, 0.1) is 20.8 Å². The Labute approximate surface area is 136 Å². The summed E-state index contributed by atoms with van der Waals surface area (Å²) in [4.78, 5) is 0. The van der Waals surface area contributed by atoms with Gasteiger partial charge in [-0.25, -0.2) is 0 Å². The Morgan fingerprint density at radius 1 is 0.842 bits per heavy atom. The van der Waals surface area contributed by atoms with Crippen LogP contribution in [-0.4, -0.2) is 0 Å². The zero-order valence-corrected chi connectivity index (χ0v) is 15.0. The van der Waals surface area contributed by atoms with E-state index in [9.17, 15) is 0 Å². The van der Waals surface area contributed by atoms with Crippen molar-refractivity contribution in [1.82, 2.24) is 0 Å². The number of benzene rings is 2. The Hall–Kier alpha value is -0.310. The highest BCUT2D eigenvalue weighted by Gasteiger charge is 2.17. The zero-order chi connectivity index (χ0) is 14.2. The average molecular weight is 403 g/mol. The van der Waals surface area contributed by atoms with Gasteiger partial charge in [0.15, 0.2) is 0 Å². The summed E-state index contributed by atoms with van der Waals surface area (Å²) in [5.74, 6) is 0. The summed E-state index contributed by atoms with van der Waals surface area (Å²) in [6, 6.07) is 10.6. The van der Waals surface area contributed by atoms with Gasteiger partial charge in [-0.15, -0.1) is 11.6 Å². The highest BCUT2D eigenvalue weighted by Crippen LogP contribution is 2.37. The Kier molecular flexibility index (Phi) is 4.75.